The number of nitrogens with one attached hydrogen (secondary N) is 2. The summed E-state index contributed by atoms with van der Waals surface area (Å²) in [6, 6.07) is 8.91. The highest BCUT2D eigenvalue weighted by Crippen LogP contribution is 2.25. The minimum absolute atomic E-state index is 0.0152. The summed E-state index contributed by atoms with van der Waals surface area (Å²) in [6.45, 7) is 5.06. The number of carbonyl (C=O) groups is 1. The van der Waals surface area contributed by atoms with Crippen molar-refractivity contribution in [1.29, 1.82) is 0 Å². The number of aryl methyl sites for hydroxylation is 2. The smallest absolute Gasteiger partial charge is 0.244 e. The van der Waals surface area contributed by atoms with E-state index in [9.17, 15) is 13.2 Å². The van der Waals surface area contributed by atoms with Crippen LogP contribution in [-0.4, -0.2) is 27.5 Å². The largest absolute Gasteiger partial charge is 0.495 e. The molecule has 1 amide bonds. The first-order valence-corrected chi connectivity index (χ1v) is 9.74. The van der Waals surface area contributed by atoms with Gasteiger partial charge in [-0.1, -0.05) is 23.7 Å². The summed E-state index contributed by atoms with van der Waals surface area (Å²) < 4.78 is 32.8. The number of halogens is 1. The highest BCUT2D eigenvalue weighted by Gasteiger charge is 2.25. The average Bonchev–Trinajstić information content (AvgIpc) is 2.57. The van der Waals surface area contributed by atoms with Crippen LogP contribution in [0.1, 0.15) is 18.1 Å². The van der Waals surface area contributed by atoms with Crippen molar-refractivity contribution in [2.75, 3.05) is 12.4 Å². The molecule has 2 N–H and O–H groups in total. The lowest BCUT2D eigenvalue weighted by Crippen LogP contribution is -2.41. The highest BCUT2D eigenvalue weighted by atomic mass is 35.5. The third-order valence-corrected chi connectivity index (χ3v) is 5.59. The van der Waals surface area contributed by atoms with Gasteiger partial charge in [0.25, 0.3) is 0 Å². The number of anilines is 1. The molecule has 0 saturated carbocycles. The lowest BCUT2D eigenvalue weighted by atomic mass is 10.2. The summed E-state index contributed by atoms with van der Waals surface area (Å²) in [7, 11) is -2.55. The number of hydrogen-bond acceptors (Lipinski definition) is 4. The zero-order chi connectivity index (χ0) is 19.5. The number of benzene rings is 2. The van der Waals surface area contributed by atoms with E-state index in [1.807, 2.05) is 6.92 Å². The molecule has 2 aromatic carbocycles. The normalized spacial score (nSPS) is 12.5. The number of rotatable bonds is 6. The van der Waals surface area contributed by atoms with Gasteiger partial charge in [0.15, 0.2) is 0 Å². The van der Waals surface area contributed by atoms with Crippen LogP contribution in [0, 0.1) is 13.8 Å². The molecule has 0 heterocycles. The van der Waals surface area contributed by atoms with Gasteiger partial charge in [0.05, 0.1) is 13.2 Å². The number of ether oxygens (including phenoxy) is 1. The van der Waals surface area contributed by atoms with E-state index in [0.29, 0.717) is 10.7 Å². The van der Waals surface area contributed by atoms with Crippen molar-refractivity contribution in [2.24, 2.45) is 0 Å². The number of methoxy groups -OCH3 is 1. The summed E-state index contributed by atoms with van der Waals surface area (Å²) in [6.07, 6.45) is 0. The van der Waals surface area contributed by atoms with Gasteiger partial charge in [-0.2, -0.15) is 4.72 Å². The molecule has 0 fully saturated rings. The lowest BCUT2D eigenvalue weighted by molar-refractivity contribution is -0.117. The summed E-state index contributed by atoms with van der Waals surface area (Å²) in [4.78, 5) is 12.4. The van der Waals surface area contributed by atoms with Crippen LogP contribution in [0.3, 0.4) is 0 Å². The Morgan fingerprint density at radius 2 is 1.85 bits per heavy atom. The third-order valence-electron chi connectivity index (χ3n) is 3.79. The van der Waals surface area contributed by atoms with Crippen LogP contribution in [0.25, 0.3) is 0 Å². The molecule has 26 heavy (non-hydrogen) atoms. The lowest BCUT2D eigenvalue weighted by Gasteiger charge is -2.17. The first-order chi connectivity index (χ1) is 12.1. The standard InChI is InChI=1S/C18H21ClN2O4S/c1-11-5-8-16(25-4)17(9-11)26(23,24)21-13(3)18(22)20-15-10-14(19)7-6-12(15)2/h5-10,13,21H,1-4H3,(H,20,22)/t13-/m1/s1. The Kier molecular flexibility index (Phi) is 6.28. The minimum Gasteiger partial charge on any atom is -0.495 e. The van der Waals surface area contributed by atoms with Crippen molar-refractivity contribution in [3.05, 3.63) is 52.5 Å². The summed E-state index contributed by atoms with van der Waals surface area (Å²) >= 11 is 5.94. The van der Waals surface area contributed by atoms with Crippen molar-refractivity contribution in [1.82, 2.24) is 4.72 Å². The molecule has 0 aromatic heterocycles. The Morgan fingerprint density at radius 3 is 2.50 bits per heavy atom. The maximum absolute atomic E-state index is 12.7. The molecule has 0 radical (unpaired) electrons. The van der Waals surface area contributed by atoms with Gasteiger partial charge in [-0.15, -0.1) is 0 Å². The van der Waals surface area contributed by atoms with Crippen LogP contribution >= 0.6 is 11.6 Å². The zero-order valence-electron chi connectivity index (χ0n) is 15.0. The SMILES string of the molecule is COc1ccc(C)cc1S(=O)(=O)N[C@H](C)C(=O)Nc1cc(Cl)ccc1C. The third kappa shape index (κ3) is 4.75. The second kappa shape index (κ2) is 8.07. The van der Waals surface area contributed by atoms with E-state index in [-0.39, 0.29) is 10.6 Å². The van der Waals surface area contributed by atoms with Crippen LogP contribution in [0.2, 0.25) is 5.02 Å². The molecule has 0 aliphatic rings. The summed E-state index contributed by atoms with van der Waals surface area (Å²) in [5, 5.41) is 3.16. The van der Waals surface area contributed by atoms with Crippen molar-refractivity contribution < 1.29 is 17.9 Å². The van der Waals surface area contributed by atoms with E-state index in [0.717, 1.165) is 11.1 Å². The van der Waals surface area contributed by atoms with E-state index in [1.165, 1.54) is 20.1 Å². The maximum atomic E-state index is 12.7. The minimum atomic E-state index is -3.94. The second-order valence-electron chi connectivity index (χ2n) is 5.95. The van der Waals surface area contributed by atoms with Crippen LogP contribution in [0.4, 0.5) is 5.69 Å². The van der Waals surface area contributed by atoms with E-state index in [4.69, 9.17) is 16.3 Å². The van der Waals surface area contributed by atoms with Crippen molar-refractivity contribution in [3.8, 4) is 5.75 Å². The first kappa shape index (κ1) is 20.2. The van der Waals surface area contributed by atoms with Crippen LogP contribution in [0.15, 0.2) is 41.3 Å². The molecule has 140 valence electrons. The van der Waals surface area contributed by atoms with Crippen LogP contribution < -0.4 is 14.8 Å². The van der Waals surface area contributed by atoms with Gasteiger partial charge in [-0.25, -0.2) is 8.42 Å². The molecule has 0 spiro atoms. The molecule has 1 atom stereocenters. The first-order valence-electron chi connectivity index (χ1n) is 7.88. The fraction of sp³-hybridized carbons (Fsp3) is 0.278. The zero-order valence-corrected chi connectivity index (χ0v) is 16.5. The van der Waals surface area contributed by atoms with Gasteiger partial charge in [-0.05, 0) is 56.2 Å². The number of amides is 1. The molecule has 0 bridgehead atoms. The summed E-state index contributed by atoms with van der Waals surface area (Å²) in [5.41, 5.74) is 2.11. The van der Waals surface area contributed by atoms with E-state index >= 15 is 0 Å². The molecular formula is C18H21ClN2O4S. The average molecular weight is 397 g/mol. The second-order valence-corrected chi connectivity index (χ2v) is 8.06. The molecule has 2 rings (SSSR count). The van der Waals surface area contributed by atoms with Gasteiger partial charge in [0, 0.05) is 10.7 Å². The van der Waals surface area contributed by atoms with Gasteiger partial charge in [-0.3, -0.25) is 4.79 Å². The Bertz CT molecular complexity index is 929. The van der Waals surface area contributed by atoms with E-state index in [2.05, 4.69) is 10.0 Å². The molecule has 0 aliphatic carbocycles. The Hall–Kier alpha value is -2.09. The van der Waals surface area contributed by atoms with Crippen LogP contribution in [0.5, 0.6) is 5.75 Å². The number of hydrogen-bond donors (Lipinski definition) is 2. The van der Waals surface area contributed by atoms with Crippen molar-refractivity contribution in [2.45, 2.75) is 31.7 Å². The maximum Gasteiger partial charge on any atom is 0.244 e. The quantitative estimate of drug-likeness (QED) is 0.784. The Balaban J connectivity index is 2.20. The molecular weight excluding hydrogens is 376 g/mol. The molecule has 0 saturated heterocycles. The Labute approximate surface area is 158 Å². The van der Waals surface area contributed by atoms with E-state index < -0.39 is 22.0 Å². The van der Waals surface area contributed by atoms with Crippen molar-refractivity contribution >= 4 is 33.2 Å². The fourth-order valence-corrected chi connectivity index (χ4v) is 3.94. The molecule has 2 aromatic rings. The van der Waals surface area contributed by atoms with Gasteiger partial charge < -0.3 is 10.1 Å². The summed E-state index contributed by atoms with van der Waals surface area (Å²) in [5.74, 6) is -0.285. The monoisotopic (exact) mass is 396 g/mol. The molecule has 6 nitrogen and oxygen atoms in total. The van der Waals surface area contributed by atoms with Gasteiger partial charge in [0.1, 0.15) is 10.6 Å². The number of carbonyl (C=O) groups excluding carboxylic acids is 1. The topological polar surface area (TPSA) is 84.5 Å². The molecule has 0 aliphatic heterocycles. The molecule has 8 heteroatoms. The highest BCUT2D eigenvalue weighted by molar-refractivity contribution is 7.89. The predicted molar refractivity (Wildman–Crippen MR) is 102 cm³/mol. The Morgan fingerprint density at radius 1 is 1.15 bits per heavy atom. The predicted octanol–water partition coefficient (Wildman–Crippen LogP) is 3.27. The fourth-order valence-electron chi connectivity index (χ4n) is 2.31. The van der Waals surface area contributed by atoms with Gasteiger partial charge in [0.2, 0.25) is 15.9 Å². The van der Waals surface area contributed by atoms with Crippen LogP contribution in [-0.2, 0) is 14.8 Å². The van der Waals surface area contributed by atoms with E-state index in [1.54, 1.807) is 37.3 Å². The van der Waals surface area contributed by atoms with Gasteiger partial charge >= 0.3 is 0 Å². The molecule has 0 unspecified atom stereocenters. The van der Waals surface area contributed by atoms with Crippen molar-refractivity contribution in [3.63, 3.8) is 0 Å². The number of sulfonamides is 1.